The van der Waals surface area contributed by atoms with Crippen molar-refractivity contribution in [3.63, 3.8) is 0 Å². The molecule has 0 saturated carbocycles. The Hall–Kier alpha value is -1.12. The van der Waals surface area contributed by atoms with E-state index in [0.29, 0.717) is 0 Å². The van der Waals surface area contributed by atoms with Gasteiger partial charge in [0.15, 0.2) is 6.26 Å². The van der Waals surface area contributed by atoms with E-state index in [4.69, 9.17) is 9.47 Å². The Morgan fingerprint density at radius 1 is 0.929 bits per heavy atom. The molecule has 0 aromatic heterocycles. The van der Waals surface area contributed by atoms with E-state index in [9.17, 15) is 0 Å². The van der Waals surface area contributed by atoms with Gasteiger partial charge in [-0.15, -0.1) is 0 Å². The predicted molar refractivity (Wildman–Crippen MR) is 54.1 cm³/mol. The summed E-state index contributed by atoms with van der Waals surface area (Å²) in [5.41, 5.74) is 0. The smallest absolute Gasteiger partial charge is 0.230 e. The fourth-order valence-electron chi connectivity index (χ4n) is 1.87. The number of nitrogens with zero attached hydrogens (tertiary/aromatic N) is 1. The van der Waals surface area contributed by atoms with Gasteiger partial charge in [-0.05, 0) is 12.8 Å². The highest BCUT2D eigenvalue weighted by molar-refractivity contribution is 4.94. The van der Waals surface area contributed by atoms with Gasteiger partial charge in [0.1, 0.15) is 12.5 Å². The third-order valence-corrected chi connectivity index (χ3v) is 2.66. The summed E-state index contributed by atoms with van der Waals surface area (Å²) in [7, 11) is 0. The van der Waals surface area contributed by atoms with Crippen molar-refractivity contribution in [3.05, 3.63) is 24.7 Å². The van der Waals surface area contributed by atoms with Gasteiger partial charge in [-0.1, -0.05) is 19.3 Å². The fourth-order valence-corrected chi connectivity index (χ4v) is 1.87. The third kappa shape index (κ3) is 2.44. The second kappa shape index (κ2) is 4.94. The Balaban J connectivity index is 1.90. The summed E-state index contributed by atoms with van der Waals surface area (Å²) in [6.45, 7) is 2.17. The van der Waals surface area contributed by atoms with E-state index in [0.717, 1.165) is 19.0 Å². The molecule has 0 N–H and O–H groups in total. The molecule has 0 aromatic rings. The highest BCUT2D eigenvalue weighted by atomic mass is 16.5. The standard InChI is InChI=1S/C11H17NO2/c1-2-4-6-12(7-5-3-1)11-10-13-8-9-14-11/h8-10H,1-7H2. The third-order valence-electron chi connectivity index (χ3n) is 2.66. The van der Waals surface area contributed by atoms with Crippen molar-refractivity contribution < 1.29 is 9.47 Å². The van der Waals surface area contributed by atoms with Crippen LogP contribution in [0.2, 0.25) is 0 Å². The van der Waals surface area contributed by atoms with Gasteiger partial charge in [0.2, 0.25) is 5.88 Å². The summed E-state index contributed by atoms with van der Waals surface area (Å²) in [5, 5.41) is 0. The summed E-state index contributed by atoms with van der Waals surface area (Å²) < 4.78 is 10.5. The van der Waals surface area contributed by atoms with E-state index in [1.807, 2.05) is 0 Å². The summed E-state index contributed by atoms with van der Waals surface area (Å²) >= 11 is 0. The molecule has 3 nitrogen and oxygen atoms in total. The van der Waals surface area contributed by atoms with E-state index in [2.05, 4.69) is 4.90 Å². The Labute approximate surface area is 85.0 Å². The van der Waals surface area contributed by atoms with Crippen LogP contribution in [-0.2, 0) is 9.47 Å². The van der Waals surface area contributed by atoms with Crippen molar-refractivity contribution in [1.29, 1.82) is 0 Å². The minimum absolute atomic E-state index is 0.856. The van der Waals surface area contributed by atoms with Crippen molar-refractivity contribution in [2.45, 2.75) is 32.1 Å². The first-order valence-corrected chi connectivity index (χ1v) is 5.39. The van der Waals surface area contributed by atoms with Crippen LogP contribution >= 0.6 is 0 Å². The van der Waals surface area contributed by atoms with Gasteiger partial charge in [-0.3, -0.25) is 0 Å². The molecule has 0 aliphatic carbocycles. The van der Waals surface area contributed by atoms with Crippen LogP contribution in [0.4, 0.5) is 0 Å². The molecule has 14 heavy (non-hydrogen) atoms. The highest BCUT2D eigenvalue weighted by Gasteiger charge is 2.13. The molecule has 1 fully saturated rings. The van der Waals surface area contributed by atoms with Crippen molar-refractivity contribution >= 4 is 0 Å². The molecule has 2 aliphatic rings. The van der Waals surface area contributed by atoms with Crippen LogP contribution in [-0.4, -0.2) is 18.0 Å². The van der Waals surface area contributed by atoms with Gasteiger partial charge in [0, 0.05) is 13.1 Å². The molecule has 2 aliphatic heterocycles. The maximum atomic E-state index is 5.40. The molecule has 0 aromatic carbocycles. The quantitative estimate of drug-likeness (QED) is 0.642. The summed E-state index contributed by atoms with van der Waals surface area (Å²) in [4.78, 5) is 2.27. The van der Waals surface area contributed by atoms with E-state index in [1.165, 1.54) is 32.1 Å². The minimum Gasteiger partial charge on any atom is -0.464 e. The fraction of sp³-hybridized carbons (Fsp3) is 0.636. The second-order valence-electron chi connectivity index (χ2n) is 3.74. The van der Waals surface area contributed by atoms with E-state index >= 15 is 0 Å². The van der Waals surface area contributed by atoms with Crippen molar-refractivity contribution in [1.82, 2.24) is 4.90 Å². The molecule has 2 rings (SSSR count). The van der Waals surface area contributed by atoms with Gasteiger partial charge in [-0.25, -0.2) is 0 Å². The van der Waals surface area contributed by atoms with Gasteiger partial charge in [0.05, 0.1) is 0 Å². The zero-order valence-corrected chi connectivity index (χ0v) is 8.45. The lowest BCUT2D eigenvalue weighted by Crippen LogP contribution is -2.28. The zero-order valence-electron chi connectivity index (χ0n) is 8.45. The van der Waals surface area contributed by atoms with Crippen LogP contribution < -0.4 is 0 Å². The number of rotatable bonds is 1. The van der Waals surface area contributed by atoms with Gasteiger partial charge in [0.25, 0.3) is 0 Å². The topological polar surface area (TPSA) is 21.7 Å². The number of ether oxygens (including phenoxy) is 2. The molecule has 78 valence electrons. The molecule has 0 amide bonds. The van der Waals surface area contributed by atoms with Crippen LogP contribution in [0.3, 0.4) is 0 Å². The Bertz CT molecular complexity index is 227. The van der Waals surface area contributed by atoms with Crippen LogP contribution in [0.25, 0.3) is 0 Å². The lowest BCUT2D eigenvalue weighted by molar-refractivity contribution is 0.135. The SMILES string of the molecule is C1=COC(N2CCCCCCC2)=CO1. The van der Waals surface area contributed by atoms with Crippen LogP contribution in [0.15, 0.2) is 24.7 Å². The first-order chi connectivity index (χ1) is 6.97. The molecular formula is C11H17NO2. The van der Waals surface area contributed by atoms with Crippen molar-refractivity contribution in [2.75, 3.05) is 13.1 Å². The van der Waals surface area contributed by atoms with Gasteiger partial charge < -0.3 is 14.4 Å². The van der Waals surface area contributed by atoms with Crippen LogP contribution in [0.1, 0.15) is 32.1 Å². The van der Waals surface area contributed by atoms with Gasteiger partial charge in [-0.2, -0.15) is 0 Å². The molecule has 2 heterocycles. The van der Waals surface area contributed by atoms with Gasteiger partial charge >= 0.3 is 0 Å². The molecule has 3 heteroatoms. The molecule has 0 unspecified atom stereocenters. The summed E-state index contributed by atoms with van der Waals surface area (Å²) in [6.07, 6.45) is 11.4. The molecule has 0 radical (unpaired) electrons. The Kier molecular flexibility index (Phi) is 3.33. The molecule has 0 bridgehead atoms. The number of hydrogen-bond acceptors (Lipinski definition) is 3. The first-order valence-electron chi connectivity index (χ1n) is 5.39. The largest absolute Gasteiger partial charge is 0.464 e. The minimum atomic E-state index is 0.856. The first kappa shape index (κ1) is 9.44. The molecule has 1 saturated heterocycles. The average molecular weight is 195 g/mol. The van der Waals surface area contributed by atoms with E-state index in [-0.39, 0.29) is 0 Å². The highest BCUT2D eigenvalue weighted by Crippen LogP contribution is 2.17. The lowest BCUT2D eigenvalue weighted by atomic mass is 10.1. The van der Waals surface area contributed by atoms with Crippen LogP contribution in [0.5, 0.6) is 0 Å². The molecule has 0 spiro atoms. The van der Waals surface area contributed by atoms with Crippen LogP contribution in [0, 0.1) is 0 Å². The van der Waals surface area contributed by atoms with Crippen molar-refractivity contribution in [3.8, 4) is 0 Å². The predicted octanol–water partition coefficient (Wildman–Crippen LogP) is 2.57. The number of hydrogen-bond donors (Lipinski definition) is 0. The van der Waals surface area contributed by atoms with E-state index in [1.54, 1.807) is 18.8 Å². The Morgan fingerprint density at radius 3 is 2.29 bits per heavy atom. The Morgan fingerprint density at radius 2 is 1.64 bits per heavy atom. The number of likely N-dealkylation sites (tertiary alicyclic amines) is 1. The summed E-state index contributed by atoms with van der Waals surface area (Å²) in [6, 6.07) is 0. The molecular weight excluding hydrogens is 178 g/mol. The van der Waals surface area contributed by atoms with Crippen molar-refractivity contribution in [2.24, 2.45) is 0 Å². The van der Waals surface area contributed by atoms with E-state index < -0.39 is 0 Å². The summed E-state index contributed by atoms with van der Waals surface area (Å²) in [5.74, 6) is 0.856. The lowest BCUT2D eigenvalue weighted by Gasteiger charge is -2.28. The molecule has 0 atom stereocenters. The average Bonchev–Trinajstić information content (AvgIpc) is 2.18. The zero-order chi connectivity index (χ0) is 9.64. The second-order valence-corrected chi connectivity index (χ2v) is 3.74. The maximum absolute atomic E-state index is 5.40. The monoisotopic (exact) mass is 195 g/mol. The normalized spacial score (nSPS) is 22.9. The maximum Gasteiger partial charge on any atom is 0.230 e.